The van der Waals surface area contributed by atoms with Gasteiger partial charge in [-0.1, -0.05) is 66.4 Å². The lowest BCUT2D eigenvalue weighted by Gasteiger charge is -2.24. The maximum atomic E-state index is 13.4. The van der Waals surface area contributed by atoms with Crippen molar-refractivity contribution in [1.82, 2.24) is 25.0 Å². The van der Waals surface area contributed by atoms with Gasteiger partial charge in [0, 0.05) is 0 Å². The molecule has 0 radical (unpaired) electrons. The molecule has 1 aliphatic heterocycles. The summed E-state index contributed by atoms with van der Waals surface area (Å²) in [5.74, 6) is -1.98. The van der Waals surface area contributed by atoms with Crippen molar-refractivity contribution >= 4 is 52.6 Å². The number of benzene rings is 3. The Bertz CT molecular complexity index is 1840. The molecule has 2 aromatic heterocycles. The Labute approximate surface area is 271 Å². The van der Waals surface area contributed by atoms with Crippen LogP contribution in [0, 0.1) is 0 Å². The number of fused-ring (bicyclic) bond motifs is 1. The van der Waals surface area contributed by atoms with Gasteiger partial charge >= 0.3 is 17.9 Å². The first-order chi connectivity index (χ1) is 22.4. The molecule has 0 bridgehead atoms. The average Bonchev–Trinajstić information content (AvgIpc) is 3.68. The van der Waals surface area contributed by atoms with Gasteiger partial charge in [0.25, 0.3) is 0 Å². The van der Waals surface area contributed by atoms with Gasteiger partial charge in [0.2, 0.25) is 11.9 Å². The lowest BCUT2D eigenvalue weighted by molar-refractivity contribution is -0.0728. The molecule has 0 N–H and O–H groups in total. The van der Waals surface area contributed by atoms with Crippen molar-refractivity contribution in [3.8, 4) is 0 Å². The van der Waals surface area contributed by atoms with Crippen LogP contribution in [0.25, 0.3) is 11.2 Å². The highest BCUT2D eigenvalue weighted by Crippen LogP contribution is 2.36. The first-order valence-electron chi connectivity index (χ1n) is 14.1. The molecule has 0 aliphatic carbocycles. The van der Waals surface area contributed by atoms with Crippen molar-refractivity contribution in [1.29, 1.82) is 0 Å². The number of esters is 3. The molecule has 1 fully saturated rings. The maximum Gasteiger partial charge on any atom is 0.338 e. The summed E-state index contributed by atoms with van der Waals surface area (Å²) in [6.45, 7) is -0.330. The number of carbonyl (C=O) groups is 3. The maximum absolute atomic E-state index is 13.4. The third-order valence-corrected chi connectivity index (χ3v) is 8.21. The Hall–Kier alpha value is -4.79. The van der Waals surface area contributed by atoms with Crippen LogP contribution in [-0.4, -0.2) is 80.3 Å². The summed E-state index contributed by atoms with van der Waals surface area (Å²) in [4.78, 5) is 49.9. The highest BCUT2D eigenvalue weighted by atomic mass is 32.2. The van der Waals surface area contributed by atoms with Crippen LogP contribution in [0.5, 0.6) is 0 Å². The fraction of sp³-hybridized carbons (Fsp3) is 0.219. The van der Waals surface area contributed by atoms with Crippen LogP contribution in [0.15, 0.2) is 101 Å². The summed E-state index contributed by atoms with van der Waals surface area (Å²) in [7, 11) is 0. The van der Waals surface area contributed by atoms with E-state index in [1.807, 2.05) is 12.5 Å². The number of rotatable bonds is 10. The van der Waals surface area contributed by atoms with Gasteiger partial charge in [0.05, 0.1) is 16.7 Å². The van der Waals surface area contributed by atoms with Crippen molar-refractivity contribution in [2.24, 2.45) is 0 Å². The third-order valence-electron chi connectivity index (χ3n) is 7.00. The Morgan fingerprint density at radius 2 is 1.26 bits per heavy atom. The van der Waals surface area contributed by atoms with Gasteiger partial charge in [0.1, 0.15) is 17.7 Å². The minimum Gasteiger partial charge on any atom is -0.459 e. The highest BCUT2D eigenvalue weighted by molar-refractivity contribution is 7.99. The molecule has 0 spiro atoms. The van der Waals surface area contributed by atoms with E-state index < -0.39 is 42.4 Å². The van der Waals surface area contributed by atoms with E-state index in [2.05, 4.69) is 20.2 Å². The van der Waals surface area contributed by atoms with E-state index in [1.165, 1.54) is 28.3 Å². The van der Waals surface area contributed by atoms with Gasteiger partial charge in [-0.05, 0) is 48.9 Å². The zero-order valence-electron chi connectivity index (χ0n) is 24.6. The second-order valence-electron chi connectivity index (χ2n) is 9.91. The Morgan fingerprint density at radius 3 is 1.80 bits per heavy atom. The van der Waals surface area contributed by atoms with Crippen LogP contribution in [0.3, 0.4) is 0 Å². The van der Waals surface area contributed by atoms with Crippen LogP contribution in [0.4, 0.5) is 0 Å². The Kier molecular flexibility index (Phi) is 9.57. The average molecular weight is 658 g/mol. The topological polar surface area (TPSA) is 145 Å². The monoisotopic (exact) mass is 657 g/mol. The largest absolute Gasteiger partial charge is 0.459 e. The van der Waals surface area contributed by atoms with Gasteiger partial charge < -0.3 is 18.9 Å². The Morgan fingerprint density at radius 1 is 0.717 bits per heavy atom. The zero-order valence-corrected chi connectivity index (χ0v) is 26.2. The van der Waals surface area contributed by atoms with E-state index in [0.717, 1.165) is 0 Å². The fourth-order valence-corrected chi connectivity index (χ4v) is 5.69. The van der Waals surface area contributed by atoms with E-state index in [4.69, 9.17) is 18.9 Å². The van der Waals surface area contributed by atoms with Gasteiger partial charge in [-0.25, -0.2) is 19.4 Å². The van der Waals surface area contributed by atoms with Crippen molar-refractivity contribution in [2.45, 2.75) is 34.7 Å². The van der Waals surface area contributed by atoms with Crippen molar-refractivity contribution in [3.05, 3.63) is 108 Å². The zero-order chi connectivity index (χ0) is 32.0. The van der Waals surface area contributed by atoms with E-state index in [9.17, 15) is 14.4 Å². The predicted octanol–water partition coefficient (Wildman–Crippen LogP) is 4.87. The summed E-state index contributed by atoms with van der Waals surface area (Å²) < 4.78 is 23.9. The molecule has 14 heteroatoms. The number of hydrogen-bond acceptors (Lipinski definition) is 13. The number of hydrogen-bond donors (Lipinski definition) is 0. The molecule has 0 amide bonds. The number of nitrogens with zero attached hydrogens (tertiary/aromatic N) is 5. The highest BCUT2D eigenvalue weighted by Gasteiger charge is 2.52. The molecule has 4 atom stereocenters. The van der Waals surface area contributed by atoms with Crippen molar-refractivity contribution in [2.75, 3.05) is 19.1 Å². The SMILES string of the molecule is CSc1nc(SC)c2nn([C@@H]3O[C@H](COC(=O)c4ccccc4)[C@@H](OC(=O)c4ccccc4)[C@H]3OC(=O)c3ccccc3)nc2n1. The Balaban J connectivity index is 1.38. The van der Waals surface area contributed by atoms with E-state index in [1.54, 1.807) is 91.0 Å². The summed E-state index contributed by atoms with van der Waals surface area (Å²) in [5, 5.41) is 10.3. The summed E-state index contributed by atoms with van der Waals surface area (Å²) in [6.07, 6.45) is -1.03. The molecule has 6 rings (SSSR count). The molecular formula is C32H27N5O7S2. The van der Waals surface area contributed by atoms with Crippen LogP contribution in [0.2, 0.25) is 0 Å². The lowest BCUT2D eigenvalue weighted by Crippen LogP contribution is -2.41. The molecule has 0 saturated carbocycles. The smallest absolute Gasteiger partial charge is 0.338 e. The van der Waals surface area contributed by atoms with Crippen molar-refractivity contribution < 1.29 is 33.3 Å². The molecule has 46 heavy (non-hydrogen) atoms. The van der Waals surface area contributed by atoms with Gasteiger partial charge in [-0.15, -0.1) is 26.8 Å². The summed E-state index contributed by atoms with van der Waals surface area (Å²) in [6, 6.07) is 25.2. The number of thioether (sulfide) groups is 2. The van der Waals surface area contributed by atoms with E-state index in [-0.39, 0.29) is 17.7 Å². The lowest BCUT2D eigenvalue weighted by atomic mass is 10.1. The van der Waals surface area contributed by atoms with Gasteiger partial charge in [0.15, 0.2) is 22.9 Å². The van der Waals surface area contributed by atoms with Crippen LogP contribution >= 0.6 is 23.5 Å². The molecule has 12 nitrogen and oxygen atoms in total. The first-order valence-corrected chi connectivity index (χ1v) is 16.5. The fourth-order valence-electron chi connectivity index (χ4n) is 4.77. The molecule has 3 heterocycles. The molecule has 1 aliphatic rings. The molecule has 234 valence electrons. The minimum absolute atomic E-state index is 0.270. The summed E-state index contributed by atoms with van der Waals surface area (Å²) >= 11 is 2.73. The number of carbonyl (C=O) groups excluding carboxylic acids is 3. The molecule has 1 saturated heterocycles. The normalized spacial score (nSPS) is 19.1. The predicted molar refractivity (Wildman–Crippen MR) is 169 cm³/mol. The standard InChI is InChI=1S/C32H27N5O7S2/c1-45-27-23-26(33-32(34-27)46-2)36-37(35-23)28-25(44-31(40)21-16-10-5-11-17-21)24(43-30(39)20-14-8-4-9-15-20)22(42-28)18-41-29(38)19-12-6-3-7-13-19/h3-17,22,24-25,28H,18H2,1-2H3/t22-,24-,25-,28-/m1/s1. The third kappa shape index (κ3) is 6.73. The molecule has 3 aromatic carbocycles. The van der Waals surface area contributed by atoms with E-state index >= 15 is 0 Å². The number of aromatic nitrogens is 5. The van der Waals surface area contributed by atoms with E-state index in [0.29, 0.717) is 26.9 Å². The quantitative estimate of drug-likeness (QED) is 0.0663. The molecule has 5 aromatic rings. The van der Waals surface area contributed by atoms with Crippen LogP contribution in [0.1, 0.15) is 37.3 Å². The summed E-state index contributed by atoms with van der Waals surface area (Å²) in [5.41, 5.74) is 1.59. The molecule has 0 unspecified atom stereocenters. The van der Waals surface area contributed by atoms with Crippen LogP contribution < -0.4 is 0 Å². The van der Waals surface area contributed by atoms with Gasteiger partial charge in [-0.2, -0.15) is 4.98 Å². The van der Waals surface area contributed by atoms with Crippen LogP contribution in [-0.2, 0) is 18.9 Å². The van der Waals surface area contributed by atoms with Crippen molar-refractivity contribution in [3.63, 3.8) is 0 Å². The first kappa shape index (κ1) is 31.2. The minimum atomic E-state index is -1.26. The van der Waals surface area contributed by atoms with Gasteiger partial charge in [-0.3, -0.25) is 0 Å². The second-order valence-corrected chi connectivity index (χ2v) is 11.5. The number of ether oxygens (including phenoxy) is 4. The molecular weight excluding hydrogens is 631 g/mol. The second kappa shape index (κ2) is 14.1.